The van der Waals surface area contributed by atoms with Gasteiger partial charge in [0.1, 0.15) is 5.69 Å². The molecule has 4 aliphatic rings. The highest BCUT2D eigenvalue weighted by Gasteiger charge is 2.52. The Morgan fingerprint density at radius 1 is 1.19 bits per heavy atom. The summed E-state index contributed by atoms with van der Waals surface area (Å²) in [5.41, 5.74) is 3.20. The van der Waals surface area contributed by atoms with Gasteiger partial charge >= 0.3 is 0 Å². The van der Waals surface area contributed by atoms with Crippen molar-refractivity contribution < 1.29 is 9.59 Å². The van der Waals surface area contributed by atoms with E-state index in [4.69, 9.17) is 10.1 Å². The molecule has 0 bridgehead atoms. The molecule has 2 amide bonds. The van der Waals surface area contributed by atoms with Crippen LogP contribution in [0.2, 0.25) is 0 Å². The molecule has 0 radical (unpaired) electrons. The lowest BCUT2D eigenvalue weighted by molar-refractivity contribution is -0.122. The molecular weight excluding hydrogens is 454 g/mol. The van der Waals surface area contributed by atoms with Crippen LogP contribution in [-0.4, -0.2) is 41.7 Å². The minimum Gasteiger partial charge on any atom is -0.350 e. The summed E-state index contributed by atoms with van der Waals surface area (Å²) in [5.74, 6) is 1.73. The number of fused-ring (bicyclic) bond motifs is 1. The van der Waals surface area contributed by atoms with Gasteiger partial charge in [0, 0.05) is 30.6 Å². The second kappa shape index (κ2) is 8.15. The van der Waals surface area contributed by atoms with Gasteiger partial charge in [0.15, 0.2) is 5.65 Å². The van der Waals surface area contributed by atoms with E-state index in [0.717, 1.165) is 36.3 Å². The third kappa shape index (κ3) is 3.98. The van der Waals surface area contributed by atoms with Gasteiger partial charge < -0.3 is 10.6 Å². The summed E-state index contributed by atoms with van der Waals surface area (Å²) in [7, 11) is 0. The Morgan fingerprint density at radius 3 is 2.64 bits per heavy atom. The molecule has 36 heavy (non-hydrogen) atoms. The summed E-state index contributed by atoms with van der Waals surface area (Å²) in [5, 5.41) is 15.6. The first-order valence-corrected chi connectivity index (χ1v) is 13.5. The third-order valence-corrected chi connectivity index (χ3v) is 8.67. The van der Waals surface area contributed by atoms with Crippen molar-refractivity contribution in [1.82, 2.24) is 35.0 Å². The molecule has 2 N–H and O–H groups in total. The van der Waals surface area contributed by atoms with Crippen molar-refractivity contribution in [2.24, 2.45) is 23.7 Å². The maximum atomic E-state index is 13.4. The third-order valence-electron chi connectivity index (χ3n) is 8.67. The highest BCUT2D eigenvalue weighted by molar-refractivity contribution is 5.92. The molecule has 1 saturated heterocycles. The van der Waals surface area contributed by atoms with Crippen molar-refractivity contribution in [3.8, 4) is 0 Å². The van der Waals surface area contributed by atoms with Gasteiger partial charge in [-0.25, -0.2) is 9.50 Å². The molecule has 2 unspecified atom stereocenters. The van der Waals surface area contributed by atoms with E-state index in [1.54, 1.807) is 16.9 Å². The fourth-order valence-electron chi connectivity index (χ4n) is 6.33. The van der Waals surface area contributed by atoms with Crippen LogP contribution in [0.5, 0.6) is 0 Å². The van der Waals surface area contributed by atoms with Crippen molar-refractivity contribution in [1.29, 1.82) is 0 Å². The number of amides is 2. The molecule has 4 heterocycles. The summed E-state index contributed by atoms with van der Waals surface area (Å²) in [6.07, 6.45) is 12.3. The number of imidazole rings is 1. The van der Waals surface area contributed by atoms with Crippen molar-refractivity contribution in [2.75, 3.05) is 0 Å². The summed E-state index contributed by atoms with van der Waals surface area (Å²) in [4.78, 5) is 30.7. The van der Waals surface area contributed by atoms with Gasteiger partial charge in [0.25, 0.3) is 5.91 Å². The van der Waals surface area contributed by atoms with Crippen molar-refractivity contribution in [2.45, 2.75) is 76.4 Å². The number of hydrogen-bond donors (Lipinski definition) is 2. The maximum absolute atomic E-state index is 13.4. The van der Waals surface area contributed by atoms with Crippen LogP contribution in [0.3, 0.4) is 0 Å². The van der Waals surface area contributed by atoms with E-state index in [1.165, 1.54) is 25.7 Å². The Bertz CT molecular complexity index is 1320. The number of rotatable bonds is 9. The number of carbonyl (C=O) groups excluding carboxylic acids is 2. The van der Waals surface area contributed by atoms with Gasteiger partial charge in [-0.3, -0.25) is 14.3 Å². The second-order valence-electron chi connectivity index (χ2n) is 11.4. The molecule has 2 atom stereocenters. The Morgan fingerprint density at radius 2 is 1.97 bits per heavy atom. The maximum Gasteiger partial charge on any atom is 0.270 e. The topological polar surface area (TPSA) is 106 Å². The average Bonchev–Trinajstić information content (AvgIpc) is 3.83. The van der Waals surface area contributed by atoms with Gasteiger partial charge in [0.2, 0.25) is 5.91 Å². The molecule has 9 heteroatoms. The Hall–Kier alpha value is -3.23. The molecule has 9 nitrogen and oxygen atoms in total. The number of carbonyl (C=O) groups is 2. The van der Waals surface area contributed by atoms with E-state index in [-0.39, 0.29) is 29.3 Å². The van der Waals surface area contributed by atoms with E-state index < -0.39 is 0 Å². The first kappa shape index (κ1) is 22.0. The highest BCUT2D eigenvalue weighted by atomic mass is 16.2. The average molecular weight is 488 g/mol. The Labute approximate surface area is 210 Å². The summed E-state index contributed by atoms with van der Waals surface area (Å²) >= 11 is 0. The molecule has 7 rings (SSSR count). The molecular formula is C27H33N7O2. The second-order valence-corrected chi connectivity index (χ2v) is 11.4. The molecule has 4 fully saturated rings. The molecule has 3 aliphatic carbocycles. The van der Waals surface area contributed by atoms with Crippen LogP contribution >= 0.6 is 0 Å². The van der Waals surface area contributed by atoms with Crippen LogP contribution < -0.4 is 10.6 Å². The zero-order valence-electron chi connectivity index (χ0n) is 20.7. The minimum absolute atomic E-state index is 0.00925. The number of hydrogen-bond acceptors (Lipinski definition) is 5. The zero-order valence-corrected chi connectivity index (χ0v) is 20.7. The molecule has 188 valence electrons. The molecule has 1 aliphatic heterocycles. The Balaban J connectivity index is 1.17. The lowest BCUT2D eigenvalue weighted by atomic mass is 9.87. The summed E-state index contributed by atoms with van der Waals surface area (Å²) in [6.45, 7) is 2.64. The highest BCUT2D eigenvalue weighted by Crippen LogP contribution is 2.54. The monoisotopic (exact) mass is 487 g/mol. The fraction of sp³-hybridized carbons (Fsp3) is 0.593. The lowest BCUT2D eigenvalue weighted by Crippen LogP contribution is -2.36. The van der Waals surface area contributed by atoms with E-state index in [2.05, 4.69) is 15.7 Å². The zero-order chi connectivity index (χ0) is 24.4. The van der Waals surface area contributed by atoms with Gasteiger partial charge in [-0.15, -0.1) is 0 Å². The Kier molecular flexibility index (Phi) is 4.98. The summed E-state index contributed by atoms with van der Waals surface area (Å²) < 4.78 is 3.56. The quantitative estimate of drug-likeness (QED) is 0.483. The largest absolute Gasteiger partial charge is 0.350 e. The van der Waals surface area contributed by atoms with Crippen LogP contribution in [0.15, 0.2) is 30.6 Å². The smallest absolute Gasteiger partial charge is 0.270 e. The van der Waals surface area contributed by atoms with Gasteiger partial charge in [-0.05, 0) is 87.8 Å². The van der Waals surface area contributed by atoms with Crippen LogP contribution in [0, 0.1) is 23.7 Å². The molecule has 1 spiro atoms. The molecule has 3 saturated carbocycles. The minimum atomic E-state index is -0.154. The standard InChI is InChI=1S/C27H33N7O2/c1-2-33-21(9-12-28-33)26(36)30-24(23(16-3-4-16)17-5-6-17)20-15-34-22(29-20)8-7-19(32-34)13-18-14-27(10-11-27)31-25(18)35/h7-9,12,15-18,23-24H,2-6,10-11,13-14H2,1H3,(H,30,36)(H,31,35). The van der Waals surface area contributed by atoms with Crippen LogP contribution in [0.4, 0.5) is 0 Å². The fourth-order valence-corrected chi connectivity index (χ4v) is 6.33. The first-order valence-electron chi connectivity index (χ1n) is 13.5. The number of aromatic nitrogens is 5. The van der Waals surface area contributed by atoms with E-state index in [9.17, 15) is 9.59 Å². The SMILES string of the molecule is CCn1nccc1C(=O)NC(c1cn2nc(CC3CC4(CC4)NC3=O)ccc2n1)C(C1CC1)C1CC1. The molecule has 3 aromatic rings. The normalized spacial score (nSPS) is 23.4. The van der Waals surface area contributed by atoms with Crippen molar-refractivity contribution in [3.63, 3.8) is 0 Å². The first-order chi connectivity index (χ1) is 17.5. The predicted octanol–water partition coefficient (Wildman–Crippen LogP) is 3.06. The predicted molar refractivity (Wildman–Crippen MR) is 132 cm³/mol. The van der Waals surface area contributed by atoms with Crippen molar-refractivity contribution >= 4 is 17.5 Å². The van der Waals surface area contributed by atoms with E-state index >= 15 is 0 Å². The van der Waals surface area contributed by atoms with Crippen LogP contribution in [-0.2, 0) is 17.8 Å². The van der Waals surface area contributed by atoms with Gasteiger partial charge in [-0.1, -0.05) is 0 Å². The summed E-state index contributed by atoms with van der Waals surface area (Å²) in [6, 6.07) is 5.60. The lowest BCUT2D eigenvalue weighted by Gasteiger charge is -2.27. The van der Waals surface area contributed by atoms with Gasteiger partial charge in [0.05, 0.1) is 23.6 Å². The molecule has 3 aromatic heterocycles. The van der Waals surface area contributed by atoms with E-state index in [1.807, 2.05) is 29.8 Å². The number of nitrogens with zero attached hydrogens (tertiary/aromatic N) is 5. The number of aryl methyl sites for hydroxylation is 1. The van der Waals surface area contributed by atoms with E-state index in [0.29, 0.717) is 36.4 Å². The van der Waals surface area contributed by atoms with Crippen LogP contribution in [0.25, 0.3) is 5.65 Å². The number of nitrogens with one attached hydrogen (secondary N) is 2. The van der Waals surface area contributed by atoms with Crippen LogP contribution in [0.1, 0.15) is 79.8 Å². The van der Waals surface area contributed by atoms with Gasteiger partial charge in [-0.2, -0.15) is 10.2 Å². The molecule has 0 aromatic carbocycles. The van der Waals surface area contributed by atoms with Crippen molar-refractivity contribution in [3.05, 3.63) is 47.7 Å².